The zero-order chi connectivity index (χ0) is 6.97. The number of anilines is 1. The third kappa shape index (κ3) is 0.635. The van der Waals surface area contributed by atoms with Crippen molar-refractivity contribution in [3.05, 3.63) is 28.6 Å². The van der Waals surface area contributed by atoms with Gasteiger partial charge < -0.3 is 5.32 Å². The molecule has 0 unspecified atom stereocenters. The fraction of sp³-hybridized carbons (Fsp3) is 0.286. The van der Waals surface area contributed by atoms with Gasteiger partial charge in [0, 0.05) is 19.2 Å². The highest BCUT2D eigenvalue weighted by Crippen LogP contribution is 2.07. The lowest BCUT2D eigenvalue weighted by molar-refractivity contribution is 0.773. The summed E-state index contributed by atoms with van der Waals surface area (Å²) in [6, 6.07) is 5.26. The molecule has 1 N–H and O–H groups in total. The van der Waals surface area contributed by atoms with E-state index in [-0.39, 0.29) is 5.56 Å². The summed E-state index contributed by atoms with van der Waals surface area (Å²) in [5.74, 6) is 0.938. The minimum absolute atomic E-state index is 0.0856. The first-order valence-corrected chi connectivity index (χ1v) is 3.32. The van der Waals surface area contributed by atoms with Crippen molar-refractivity contribution in [2.45, 2.75) is 6.54 Å². The highest BCUT2D eigenvalue weighted by Gasteiger charge is 2.07. The van der Waals surface area contributed by atoms with Crippen LogP contribution in [0.25, 0.3) is 0 Å². The van der Waals surface area contributed by atoms with E-state index in [2.05, 4.69) is 5.32 Å². The molecule has 1 aromatic rings. The Morgan fingerprint density at radius 3 is 3.20 bits per heavy atom. The van der Waals surface area contributed by atoms with Crippen LogP contribution in [0.1, 0.15) is 0 Å². The van der Waals surface area contributed by atoms with Crippen LogP contribution < -0.4 is 10.9 Å². The fourth-order valence-corrected chi connectivity index (χ4v) is 1.20. The van der Waals surface area contributed by atoms with Gasteiger partial charge in [0.25, 0.3) is 5.56 Å². The van der Waals surface area contributed by atoms with E-state index >= 15 is 0 Å². The topological polar surface area (TPSA) is 34.0 Å². The Balaban J connectivity index is 2.70. The number of hydrogen-bond donors (Lipinski definition) is 1. The van der Waals surface area contributed by atoms with Crippen LogP contribution in [0.3, 0.4) is 0 Å². The second kappa shape index (κ2) is 1.87. The average Bonchev–Trinajstić information content (AvgIpc) is 2.36. The normalized spacial score (nSPS) is 14.4. The van der Waals surface area contributed by atoms with Gasteiger partial charge in [0.05, 0.1) is 0 Å². The van der Waals surface area contributed by atoms with E-state index in [0.717, 1.165) is 18.9 Å². The second-order valence-electron chi connectivity index (χ2n) is 2.33. The Kier molecular flexibility index (Phi) is 1.03. The van der Waals surface area contributed by atoms with Crippen molar-refractivity contribution >= 4 is 5.82 Å². The van der Waals surface area contributed by atoms with Crippen molar-refractivity contribution in [3.63, 3.8) is 0 Å². The fourth-order valence-electron chi connectivity index (χ4n) is 1.20. The van der Waals surface area contributed by atoms with Gasteiger partial charge in [-0.3, -0.25) is 9.36 Å². The SMILES string of the molecule is O=c1cccc2n1CCN2. The first-order chi connectivity index (χ1) is 4.88. The number of nitrogens with one attached hydrogen (secondary N) is 1. The molecule has 0 bridgehead atoms. The number of aromatic nitrogens is 1. The van der Waals surface area contributed by atoms with Gasteiger partial charge in [-0.25, -0.2) is 0 Å². The third-order valence-corrected chi connectivity index (χ3v) is 1.69. The summed E-state index contributed by atoms with van der Waals surface area (Å²) in [4.78, 5) is 11.0. The lowest BCUT2D eigenvalue weighted by atomic mass is 10.4. The molecule has 0 radical (unpaired) electrons. The highest BCUT2D eigenvalue weighted by atomic mass is 16.1. The summed E-state index contributed by atoms with van der Waals surface area (Å²) in [7, 11) is 0. The first kappa shape index (κ1) is 5.53. The minimum Gasteiger partial charge on any atom is -0.370 e. The van der Waals surface area contributed by atoms with E-state index in [1.54, 1.807) is 16.7 Å². The van der Waals surface area contributed by atoms with Gasteiger partial charge in [-0.15, -0.1) is 0 Å². The predicted molar refractivity (Wildman–Crippen MR) is 39.2 cm³/mol. The van der Waals surface area contributed by atoms with E-state index in [1.165, 1.54) is 0 Å². The maximum atomic E-state index is 11.0. The maximum Gasteiger partial charge on any atom is 0.252 e. The summed E-state index contributed by atoms with van der Waals surface area (Å²) in [6.45, 7) is 1.67. The van der Waals surface area contributed by atoms with E-state index in [4.69, 9.17) is 0 Å². The molecule has 0 fully saturated rings. The summed E-state index contributed by atoms with van der Waals surface area (Å²) in [5, 5.41) is 3.10. The molecule has 0 saturated heterocycles. The Morgan fingerprint density at radius 1 is 1.50 bits per heavy atom. The van der Waals surface area contributed by atoms with Crippen molar-refractivity contribution in [1.29, 1.82) is 0 Å². The van der Waals surface area contributed by atoms with Crippen molar-refractivity contribution in [1.82, 2.24) is 4.57 Å². The van der Waals surface area contributed by atoms with Crippen LogP contribution >= 0.6 is 0 Å². The lowest BCUT2D eigenvalue weighted by Gasteiger charge is -1.97. The minimum atomic E-state index is 0.0856. The second-order valence-corrected chi connectivity index (χ2v) is 2.33. The van der Waals surface area contributed by atoms with Crippen molar-refractivity contribution in [2.75, 3.05) is 11.9 Å². The highest BCUT2D eigenvalue weighted by molar-refractivity contribution is 5.38. The smallest absolute Gasteiger partial charge is 0.252 e. The Labute approximate surface area is 58.3 Å². The molecule has 3 nitrogen and oxygen atoms in total. The van der Waals surface area contributed by atoms with Crippen LogP contribution in [0.15, 0.2) is 23.0 Å². The zero-order valence-electron chi connectivity index (χ0n) is 5.50. The summed E-state index contributed by atoms with van der Waals surface area (Å²) in [6.07, 6.45) is 0. The third-order valence-electron chi connectivity index (χ3n) is 1.69. The van der Waals surface area contributed by atoms with Gasteiger partial charge in [0.1, 0.15) is 5.82 Å². The molecule has 52 valence electrons. The molecule has 1 aliphatic rings. The van der Waals surface area contributed by atoms with Gasteiger partial charge in [-0.2, -0.15) is 0 Å². The Bertz CT molecular complexity index is 303. The van der Waals surface area contributed by atoms with E-state index in [9.17, 15) is 4.79 Å². The molecular formula is C7H8N2O. The Morgan fingerprint density at radius 2 is 2.40 bits per heavy atom. The molecule has 0 aromatic carbocycles. The van der Waals surface area contributed by atoms with Crippen molar-refractivity contribution < 1.29 is 0 Å². The van der Waals surface area contributed by atoms with Gasteiger partial charge >= 0.3 is 0 Å². The standard InChI is InChI=1S/C7H8N2O/c10-7-3-1-2-6-8-4-5-9(6)7/h1-3,8H,4-5H2. The molecule has 0 spiro atoms. The van der Waals surface area contributed by atoms with Crippen LogP contribution in [-0.2, 0) is 6.54 Å². The average molecular weight is 136 g/mol. The molecule has 2 heterocycles. The zero-order valence-corrected chi connectivity index (χ0v) is 5.50. The molecule has 1 aliphatic heterocycles. The molecule has 0 amide bonds. The lowest BCUT2D eigenvalue weighted by Crippen LogP contribution is -2.15. The van der Waals surface area contributed by atoms with Crippen molar-refractivity contribution in [2.24, 2.45) is 0 Å². The predicted octanol–water partition coefficient (Wildman–Crippen LogP) is 0.274. The Hall–Kier alpha value is -1.25. The summed E-state index contributed by atoms with van der Waals surface area (Å²) in [5.41, 5.74) is 0.0856. The molecule has 0 atom stereocenters. The molecule has 10 heavy (non-hydrogen) atoms. The van der Waals surface area contributed by atoms with Gasteiger partial charge in [-0.1, -0.05) is 6.07 Å². The molecule has 3 heteroatoms. The number of hydrogen-bond acceptors (Lipinski definition) is 2. The van der Waals surface area contributed by atoms with Gasteiger partial charge in [0.15, 0.2) is 0 Å². The summed E-state index contributed by atoms with van der Waals surface area (Å²) < 4.78 is 1.74. The van der Waals surface area contributed by atoms with E-state index < -0.39 is 0 Å². The largest absolute Gasteiger partial charge is 0.370 e. The maximum absolute atomic E-state index is 11.0. The first-order valence-electron chi connectivity index (χ1n) is 3.32. The van der Waals surface area contributed by atoms with Crippen LogP contribution in [-0.4, -0.2) is 11.1 Å². The number of pyridine rings is 1. The van der Waals surface area contributed by atoms with Crippen LogP contribution in [0.2, 0.25) is 0 Å². The van der Waals surface area contributed by atoms with E-state index in [1.807, 2.05) is 6.07 Å². The molecular weight excluding hydrogens is 128 g/mol. The monoisotopic (exact) mass is 136 g/mol. The number of rotatable bonds is 0. The number of fused-ring (bicyclic) bond motifs is 1. The van der Waals surface area contributed by atoms with Gasteiger partial charge in [-0.05, 0) is 6.07 Å². The van der Waals surface area contributed by atoms with Crippen LogP contribution in [0.4, 0.5) is 5.82 Å². The number of nitrogens with zero attached hydrogens (tertiary/aromatic N) is 1. The molecule has 2 rings (SSSR count). The van der Waals surface area contributed by atoms with E-state index in [0.29, 0.717) is 0 Å². The van der Waals surface area contributed by atoms with Crippen LogP contribution in [0, 0.1) is 0 Å². The molecule has 0 saturated carbocycles. The summed E-state index contributed by atoms with van der Waals surface area (Å²) >= 11 is 0. The van der Waals surface area contributed by atoms with Gasteiger partial charge in [0.2, 0.25) is 0 Å². The van der Waals surface area contributed by atoms with Crippen molar-refractivity contribution in [3.8, 4) is 0 Å². The van der Waals surface area contributed by atoms with Crippen LogP contribution in [0.5, 0.6) is 0 Å². The molecule has 0 aliphatic carbocycles. The quantitative estimate of drug-likeness (QED) is 0.555. The molecule has 1 aromatic heterocycles.